The van der Waals surface area contributed by atoms with Gasteiger partial charge in [0.15, 0.2) is 0 Å². The molecule has 1 aliphatic carbocycles. The van der Waals surface area contributed by atoms with Crippen LogP contribution in [0.15, 0.2) is 30.3 Å². The van der Waals surface area contributed by atoms with E-state index in [-0.39, 0.29) is 18.3 Å². The maximum Gasteiger partial charge on any atom is 0.304 e. The summed E-state index contributed by atoms with van der Waals surface area (Å²) in [6.45, 7) is 4.26. The van der Waals surface area contributed by atoms with Crippen LogP contribution in [0.4, 0.5) is 0 Å². The predicted molar refractivity (Wildman–Crippen MR) is 141 cm³/mol. The van der Waals surface area contributed by atoms with Crippen LogP contribution in [0.2, 0.25) is 0 Å². The van der Waals surface area contributed by atoms with Crippen LogP contribution >= 0.6 is 0 Å². The average Bonchev–Trinajstić information content (AvgIpc) is 3.33. The summed E-state index contributed by atoms with van der Waals surface area (Å²) >= 11 is 0. The van der Waals surface area contributed by atoms with Gasteiger partial charge in [0.2, 0.25) is 5.91 Å². The van der Waals surface area contributed by atoms with Crippen molar-refractivity contribution in [2.45, 2.75) is 83.7 Å². The van der Waals surface area contributed by atoms with E-state index in [0.717, 1.165) is 97.2 Å². The van der Waals surface area contributed by atoms with Gasteiger partial charge >= 0.3 is 5.97 Å². The third-order valence-corrected chi connectivity index (χ3v) is 9.12. The third-order valence-electron chi connectivity index (χ3n) is 9.12. The molecule has 0 radical (unpaired) electrons. The minimum absolute atomic E-state index is 0.00512. The molecule has 1 fully saturated rings. The Balaban J connectivity index is 1.42. The summed E-state index contributed by atoms with van der Waals surface area (Å²) in [5, 5.41) is 18.8. The molecular weight excluding hydrogens is 464 g/mol. The highest BCUT2D eigenvalue weighted by Gasteiger charge is 2.32. The van der Waals surface area contributed by atoms with Crippen molar-refractivity contribution in [3.05, 3.63) is 58.1 Å². The zero-order valence-corrected chi connectivity index (χ0v) is 21.7. The van der Waals surface area contributed by atoms with E-state index >= 15 is 0 Å². The number of carbonyl (C=O) groups excluding carboxylic acids is 1. The first kappa shape index (κ1) is 24.1. The topological polar surface area (TPSA) is 88.3 Å². The molecule has 7 heteroatoms. The van der Waals surface area contributed by atoms with E-state index in [1.54, 1.807) is 0 Å². The Morgan fingerprint density at radius 2 is 1.86 bits per heavy atom. The van der Waals surface area contributed by atoms with Gasteiger partial charge in [0.25, 0.3) is 0 Å². The number of benzene rings is 2. The SMILES string of the molecule is Cc1c2ccc3c1nnn3CCCCC1CCC(CC1)C(=O)N1CCc3ccc(cc3C1)[C@H]2CC(=O)O. The smallest absolute Gasteiger partial charge is 0.304 e. The van der Waals surface area contributed by atoms with Crippen LogP contribution in [0.3, 0.4) is 0 Å². The van der Waals surface area contributed by atoms with Gasteiger partial charge in [0, 0.05) is 31.5 Å². The number of amides is 1. The highest BCUT2D eigenvalue weighted by atomic mass is 16.4. The lowest BCUT2D eigenvalue weighted by Gasteiger charge is -2.35. The lowest BCUT2D eigenvalue weighted by Crippen LogP contribution is -2.41. The Kier molecular flexibility index (Phi) is 6.47. The molecule has 0 spiro atoms. The van der Waals surface area contributed by atoms with E-state index in [2.05, 4.69) is 45.5 Å². The van der Waals surface area contributed by atoms with Gasteiger partial charge < -0.3 is 10.0 Å². The molecule has 9 bridgehead atoms. The predicted octanol–water partition coefficient (Wildman–Crippen LogP) is 5.22. The van der Waals surface area contributed by atoms with Gasteiger partial charge in [-0.2, -0.15) is 0 Å². The molecule has 7 nitrogen and oxygen atoms in total. The standard InChI is InChI=1S/C30H36N4O3/c1-19-25-11-12-27-29(19)31-32-34(27)14-3-2-4-20-5-7-22(8-6-20)30(37)33-15-13-21-9-10-23(16-24(21)18-33)26(25)17-28(35)36/h9-12,16,20,22,26H,2-8,13-15,17-18H2,1H3,(H,35,36)/t20?,22?,26-/m1/s1. The van der Waals surface area contributed by atoms with Crippen LogP contribution in [0.1, 0.15) is 85.1 Å². The van der Waals surface area contributed by atoms with Crippen LogP contribution < -0.4 is 0 Å². The highest BCUT2D eigenvalue weighted by molar-refractivity contribution is 5.81. The molecule has 1 N–H and O–H groups in total. The van der Waals surface area contributed by atoms with Gasteiger partial charge in [0.05, 0.1) is 11.9 Å². The van der Waals surface area contributed by atoms with Crippen molar-refractivity contribution in [2.75, 3.05) is 6.54 Å². The fourth-order valence-corrected chi connectivity index (χ4v) is 6.94. The number of carboxylic acids is 1. The summed E-state index contributed by atoms with van der Waals surface area (Å²) in [7, 11) is 0. The minimum atomic E-state index is -0.826. The number of hydrogen-bond acceptors (Lipinski definition) is 4. The molecule has 1 aromatic heterocycles. The van der Waals surface area contributed by atoms with Crippen molar-refractivity contribution < 1.29 is 14.7 Å². The Labute approximate surface area is 217 Å². The highest BCUT2D eigenvalue weighted by Crippen LogP contribution is 2.37. The molecule has 2 aromatic carbocycles. The number of carbonyl (C=O) groups is 2. The maximum atomic E-state index is 13.5. The molecule has 5 aliphatic heterocycles. The average molecular weight is 501 g/mol. The molecule has 0 unspecified atom stereocenters. The van der Waals surface area contributed by atoms with Gasteiger partial charge in [0.1, 0.15) is 5.52 Å². The molecule has 1 atom stereocenters. The van der Waals surface area contributed by atoms with Crippen molar-refractivity contribution in [3.8, 4) is 0 Å². The number of aryl methyl sites for hydroxylation is 2. The first-order chi connectivity index (χ1) is 18.0. The van der Waals surface area contributed by atoms with Gasteiger partial charge in [-0.1, -0.05) is 42.3 Å². The van der Waals surface area contributed by atoms with Crippen LogP contribution in [0, 0.1) is 18.8 Å². The molecule has 37 heavy (non-hydrogen) atoms. The van der Waals surface area contributed by atoms with Crippen molar-refractivity contribution in [1.29, 1.82) is 0 Å². The zero-order valence-electron chi connectivity index (χ0n) is 21.7. The van der Waals surface area contributed by atoms with E-state index in [1.165, 1.54) is 12.0 Å². The molecule has 6 heterocycles. The van der Waals surface area contributed by atoms with Crippen molar-refractivity contribution >= 4 is 22.9 Å². The molecule has 194 valence electrons. The number of carboxylic acid groups (broad SMARTS) is 1. The number of aliphatic carboxylic acids is 1. The quantitative estimate of drug-likeness (QED) is 0.521. The minimum Gasteiger partial charge on any atom is -0.481 e. The first-order valence-corrected chi connectivity index (χ1v) is 13.9. The number of nitrogens with zero attached hydrogens (tertiary/aromatic N) is 4. The molecular formula is C30H36N4O3. The van der Waals surface area contributed by atoms with Crippen LogP contribution in [0.5, 0.6) is 0 Å². The molecule has 3 aromatic rings. The first-order valence-electron chi connectivity index (χ1n) is 13.9. The summed E-state index contributed by atoms with van der Waals surface area (Å²) < 4.78 is 2.00. The van der Waals surface area contributed by atoms with Gasteiger partial charge in [-0.3, -0.25) is 9.59 Å². The van der Waals surface area contributed by atoms with Crippen molar-refractivity contribution in [1.82, 2.24) is 19.9 Å². The fraction of sp³-hybridized carbons (Fsp3) is 0.533. The summed E-state index contributed by atoms with van der Waals surface area (Å²) in [6, 6.07) is 10.5. The number of hydrogen-bond donors (Lipinski definition) is 1. The zero-order chi connectivity index (χ0) is 25.5. The summed E-state index contributed by atoms with van der Waals surface area (Å²) in [5.74, 6) is 0.0713. The van der Waals surface area contributed by atoms with Gasteiger partial charge in [-0.05, 0) is 85.3 Å². The van der Waals surface area contributed by atoms with Crippen LogP contribution in [0.25, 0.3) is 11.0 Å². The molecule has 1 amide bonds. The molecule has 9 rings (SSSR count). The van der Waals surface area contributed by atoms with E-state index < -0.39 is 5.97 Å². The van der Waals surface area contributed by atoms with Crippen LogP contribution in [-0.4, -0.2) is 43.4 Å². The lowest BCUT2D eigenvalue weighted by atomic mass is 9.79. The largest absolute Gasteiger partial charge is 0.481 e. The van der Waals surface area contributed by atoms with E-state index in [0.29, 0.717) is 12.5 Å². The Hall–Kier alpha value is -3.22. The maximum absolute atomic E-state index is 13.5. The number of rotatable bonds is 2. The monoisotopic (exact) mass is 500 g/mol. The number of aromatic nitrogens is 3. The molecule has 0 saturated heterocycles. The Morgan fingerprint density at radius 3 is 2.68 bits per heavy atom. The van der Waals surface area contributed by atoms with E-state index in [9.17, 15) is 14.7 Å². The van der Waals surface area contributed by atoms with E-state index in [4.69, 9.17) is 0 Å². The van der Waals surface area contributed by atoms with Crippen LogP contribution in [-0.2, 0) is 29.1 Å². The summed E-state index contributed by atoms with van der Waals surface area (Å²) in [5.41, 5.74) is 7.26. The van der Waals surface area contributed by atoms with E-state index in [1.807, 2.05) is 11.6 Å². The summed E-state index contributed by atoms with van der Waals surface area (Å²) in [4.78, 5) is 27.5. The molecule has 1 saturated carbocycles. The lowest BCUT2D eigenvalue weighted by molar-refractivity contribution is -0.138. The third kappa shape index (κ3) is 4.64. The van der Waals surface area contributed by atoms with Gasteiger partial charge in [-0.15, -0.1) is 5.10 Å². The molecule has 6 aliphatic rings. The second-order valence-electron chi connectivity index (χ2n) is 11.4. The van der Waals surface area contributed by atoms with Gasteiger partial charge in [-0.25, -0.2) is 4.68 Å². The van der Waals surface area contributed by atoms with Crippen molar-refractivity contribution in [2.24, 2.45) is 11.8 Å². The Morgan fingerprint density at radius 1 is 1.03 bits per heavy atom. The summed E-state index contributed by atoms with van der Waals surface area (Å²) in [6.07, 6.45) is 8.60. The second kappa shape index (κ2) is 9.92. The fourth-order valence-electron chi connectivity index (χ4n) is 6.94. The normalized spacial score (nSPS) is 24.3. The van der Waals surface area contributed by atoms with Crippen molar-refractivity contribution in [3.63, 3.8) is 0 Å². The Bertz CT molecular complexity index is 1340. The second-order valence-corrected chi connectivity index (χ2v) is 11.4.